The molecule has 1 aromatic heterocycles. The zero-order valence-corrected chi connectivity index (χ0v) is 13.4. The van der Waals surface area contributed by atoms with Crippen molar-refractivity contribution in [1.82, 2.24) is 4.98 Å². The van der Waals surface area contributed by atoms with Gasteiger partial charge in [0.15, 0.2) is 11.5 Å². The van der Waals surface area contributed by atoms with Crippen LogP contribution in [0.15, 0.2) is 12.3 Å². The summed E-state index contributed by atoms with van der Waals surface area (Å²) in [7, 11) is 1.67. The van der Waals surface area contributed by atoms with Crippen LogP contribution in [0.2, 0.25) is 0 Å². The summed E-state index contributed by atoms with van der Waals surface area (Å²) >= 11 is 0. The van der Waals surface area contributed by atoms with E-state index in [1.54, 1.807) is 13.3 Å². The Hall–Kier alpha value is -1.25. The van der Waals surface area contributed by atoms with Crippen molar-refractivity contribution in [3.63, 3.8) is 0 Å². The number of aryl methyl sites for hydroxylation is 1. The van der Waals surface area contributed by atoms with Gasteiger partial charge in [-0.2, -0.15) is 0 Å². The Kier molecular flexibility index (Phi) is 4.56. The number of nitrogens with zero attached hydrogens (tertiary/aromatic N) is 1. The van der Waals surface area contributed by atoms with Gasteiger partial charge in [-0.25, -0.2) is 0 Å². The Balaban J connectivity index is 1.98. The van der Waals surface area contributed by atoms with Crippen LogP contribution in [0.25, 0.3) is 0 Å². The van der Waals surface area contributed by atoms with Gasteiger partial charge in [0.25, 0.3) is 0 Å². The molecule has 1 aliphatic rings. The number of aromatic nitrogens is 1. The van der Waals surface area contributed by atoms with Crippen molar-refractivity contribution in [3.8, 4) is 11.5 Å². The summed E-state index contributed by atoms with van der Waals surface area (Å²) in [4.78, 5) is 4.24. The van der Waals surface area contributed by atoms with Crippen molar-refractivity contribution < 1.29 is 9.47 Å². The summed E-state index contributed by atoms with van der Waals surface area (Å²) in [6.07, 6.45) is 6.86. The van der Waals surface area contributed by atoms with Crippen LogP contribution < -0.4 is 9.47 Å². The lowest BCUT2D eigenvalue weighted by Crippen LogP contribution is -2.30. The number of hydrogen-bond acceptors (Lipinski definition) is 3. The Labute approximate surface area is 122 Å². The number of ether oxygens (including phenoxy) is 2. The van der Waals surface area contributed by atoms with E-state index in [4.69, 9.17) is 9.47 Å². The van der Waals surface area contributed by atoms with E-state index in [1.807, 2.05) is 13.0 Å². The molecule has 20 heavy (non-hydrogen) atoms. The van der Waals surface area contributed by atoms with Crippen LogP contribution in [0.1, 0.15) is 52.1 Å². The van der Waals surface area contributed by atoms with Gasteiger partial charge in [-0.1, -0.05) is 20.8 Å². The number of pyridine rings is 1. The van der Waals surface area contributed by atoms with Gasteiger partial charge < -0.3 is 9.47 Å². The molecule has 0 aromatic carbocycles. The van der Waals surface area contributed by atoms with Gasteiger partial charge in [-0.05, 0) is 43.9 Å². The maximum Gasteiger partial charge on any atom is 0.182 e. The van der Waals surface area contributed by atoms with E-state index < -0.39 is 0 Å². The molecule has 0 atom stereocenters. The van der Waals surface area contributed by atoms with Gasteiger partial charge in [-0.15, -0.1) is 0 Å². The fraction of sp³-hybridized carbons (Fsp3) is 0.706. The molecule has 1 aromatic rings. The average Bonchev–Trinajstić information content (AvgIpc) is 2.38. The summed E-state index contributed by atoms with van der Waals surface area (Å²) in [6, 6.07) is 1.90. The molecule has 0 N–H and O–H groups in total. The minimum atomic E-state index is 0.310. The SMILES string of the molecule is COc1c(OC2CCC(C(C)(C)C)CC2)ccnc1C. The lowest BCUT2D eigenvalue weighted by molar-refractivity contribution is 0.0860. The Bertz CT molecular complexity index is 443. The number of hydrogen-bond donors (Lipinski definition) is 0. The van der Waals surface area contributed by atoms with E-state index in [0.717, 1.165) is 36.0 Å². The predicted molar refractivity (Wildman–Crippen MR) is 81.4 cm³/mol. The van der Waals surface area contributed by atoms with E-state index in [2.05, 4.69) is 25.8 Å². The molecule has 3 nitrogen and oxygen atoms in total. The lowest BCUT2D eigenvalue weighted by atomic mass is 9.72. The minimum absolute atomic E-state index is 0.310. The van der Waals surface area contributed by atoms with Crippen molar-refractivity contribution in [3.05, 3.63) is 18.0 Å². The highest BCUT2D eigenvalue weighted by Crippen LogP contribution is 2.39. The number of rotatable bonds is 3. The summed E-state index contributed by atoms with van der Waals surface area (Å²) < 4.78 is 11.6. The zero-order chi connectivity index (χ0) is 14.8. The molecule has 1 saturated carbocycles. The fourth-order valence-corrected chi connectivity index (χ4v) is 3.10. The van der Waals surface area contributed by atoms with Crippen molar-refractivity contribution in [2.75, 3.05) is 7.11 Å². The summed E-state index contributed by atoms with van der Waals surface area (Å²) in [5.74, 6) is 2.41. The van der Waals surface area contributed by atoms with Crippen molar-refractivity contribution in [1.29, 1.82) is 0 Å². The molecule has 0 spiro atoms. The van der Waals surface area contributed by atoms with Crippen molar-refractivity contribution >= 4 is 0 Å². The van der Waals surface area contributed by atoms with Gasteiger partial charge in [0.2, 0.25) is 0 Å². The summed E-state index contributed by atoms with van der Waals surface area (Å²) in [5, 5.41) is 0. The molecule has 1 fully saturated rings. The Morgan fingerprint density at radius 1 is 1.15 bits per heavy atom. The second-order valence-electron chi connectivity index (χ2n) is 6.89. The van der Waals surface area contributed by atoms with E-state index in [0.29, 0.717) is 11.5 Å². The molecular formula is C17H27NO2. The van der Waals surface area contributed by atoms with Crippen molar-refractivity contribution in [2.45, 2.75) is 59.5 Å². The third kappa shape index (κ3) is 3.44. The highest BCUT2D eigenvalue weighted by atomic mass is 16.5. The van der Waals surface area contributed by atoms with Gasteiger partial charge in [-0.3, -0.25) is 4.98 Å². The largest absolute Gasteiger partial charge is 0.491 e. The monoisotopic (exact) mass is 277 g/mol. The van der Waals surface area contributed by atoms with Crippen LogP contribution in [0, 0.1) is 18.3 Å². The first-order chi connectivity index (χ1) is 9.41. The molecule has 3 heteroatoms. The van der Waals surface area contributed by atoms with E-state index in [-0.39, 0.29) is 0 Å². The van der Waals surface area contributed by atoms with Crippen LogP contribution >= 0.6 is 0 Å². The summed E-state index contributed by atoms with van der Waals surface area (Å²) in [5.41, 5.74) is 1.30. The fourth-order valence-electron chi connectivity index (χ4n) is 3.10. The molecule has 1 heterocycles. The molecule has 0 saturated heterocycles. The Morgan fingerprint density at radius 3 is 2.35 bits per heavy atom. The topological polar surface area (TPSA) is 31.4 Å². The first-order valence-corrected chi connectivity index (χ1v) is 7.58. The van der Waals surface area contributed by atoms with Gasteiger partial charge >= 0.3 is 0 Å². The molecule has 1 aliphatic carbocycles. The third-order valence-corrected chi connectivity index (χ3v) is 4.44. The minimum Gasteiger partial charge on any atom is -0.491 e. The van der Waals surface area contributed by atoms with Crippen molar-refractivity contribution in [2.24, 2.45) is 11.3 Å². The smallest absolute Gasteiger partial charge is 0.182 e. The quantitative estimate of drug-likeness (QED) is 0.821. The van der Waals surface area contributed by atoms with Gasteiger partial charge in [0, 0.05) is 12.3 Å². The van der Waals surface area contributed by atoms with Gasteiger partial charge in [0.05, 0.1) is 18.9 Å². The highest BCUT2D eigenvalue weighted by Gasteiger charge is 2.30. The molecular weight excluding hydrogens is 250 g/mol. The summed E-state index contributed by atoms with van der Waals surface area (Å²) in [6.45, 7) is 8.97. The molecule has 0 aliphatic heterocycles. The Morgan fingerprint density at radius 2 is 1.80 bits per heavy atom. The maximum absolute atomic E-state index is 6.15. The van der Waals surface area contributed by atoms with E-state index in [9.17, 15) is 0 Å². The van der Waals surface area contributed by atoms with Crippen LogP contribution in [0.5, 0.6) is 11.5 Å². The van der Waals surface area contributed by atoms with E-state index in [1.165, 1.54) is 12.8 Å². The molecule has 112 valence electrons. The number of methoxy groups -OCH3 is 1. The van der Waals surface area contributed by atoms with Crippen LogP contribution in [0.4, 0.5) is 0 Å². The standard InChI is InChI=1S/C17H27NO2/c1-12-16(19-5)15(10-11-18-12)20-14-8-6-13(7-9-14)17(2,3)4/h10-11,13-14H,6-9H2,1-5H3. The molecule has 0 amide bonds. The first kappa shape index (κ1) is 15.1. The highest BCUT2D eigenvalue weighted by molar-refractivity contribution is 5.42. The maximum atomic E-state index is 6.15. The molecule has 0 radical (unpaired) electrons. The lowest BCUT2D eigenvalue weighted by Gasteiger charge is -2.37. The molecule has 0 bridgehead atoms. The normalized spacial score (nSPS) is 23.4. The van der Waals surface area contributed by atoms with Crippen LogP contribution in [0.3, 0.4) is 0 Å². The first-order valence-electron chi connectivity index (χ1n) is 7.58. The van der Waals surface area contributed by atoms with Crippen LogP contribution in [-0.4, -0.2) is 18.2 Å². The predicted octanol–water partition coefficient (Wildman–Crippen LogP) is 4.38. The van der Waals surface area contributed by atoms with Crippen LogP contribution in [-0.2, 0) is 0 Å². The molecule has 2 rings (SSSR count). The second kappa shape index (κ2) is 6.02. The average molecular weight is 277 g/mol. The second-order valence-corrected chi connectivity index (χ2v) is 6.89. The molecule has 0 unspecified atom stereocenters. The van der Waals surface area contributed by atoms with Gasteiger partial charge in [0.1, 0.15) is 0 Å². The third-order valence-electron chi connectivity index (χ3n) is 4.44. The zero-order valence-electron chi connectivity index (χ0n) is 13.4. The van der Waals surface area contributed by atoms with E-state index >= 15 is 0 Å².